The van der Waals surface area contributed by atoms with Crippen molar-refractivity contribution < 1.29 is 23.4 Å². The number of nitrogens with one attached hydrogen (secondary N) is 1. The van der Waals surface area contributed by atoms with E-state index in [2.05, 4.69) is 0 Å². The zero-order chi connectivity index (χ0) is 13.8. The Labute approximate surface area is 105 Å². The van der Waals surface area contributed by atoms with Gasteiger partial charge in [0, 0.05) is 6.54 Å². The summed E-state index contributed by atoms with van der Waals surface area (Å²) in [5, 5.41) is 17.4. The lowest BCUT2D eigenvalue weighted by molar-refractivity contribution is -0.146. The molecule has 7 heteroatoms. The van der Waals surface area contributed by atoms with Gasteiger partial charge in [0.2, 0.25) is 10.0 Å². The number of carboxylic acid groups (broad SMARTS) is 1. The molecule has 0 amide bonds. The molecule has 0 bridgehead atoms. The van der Waals surface area contributed by atoms with Crippen LogP contribution in [0.25, 0.3) is 0 Å². The average Bonchev–Trinajstić information content (AvgIpc) is 2.36. The fraction of sp³-hybridized carbons (Fsp3) is 0.364. The Hall–Kier alpha value is -1.44. The lowest BCUT2D eigenvalue weighted by atomic mass is 10.2. The van der Waals surface area contributed by atoms with Crippen LogP contribution in [0, 0.1) is 0 Å². The summed E-state index contributed by atoms with van der Waals surface area (Å²) in [5.41, 5.74) is 1.000. The highest BCUT2D eigenvalue weighted by Gasteiger charge is 2.19. The number of hydrogen-bond acceptors (Lipinski definition) is 4. The zero-order valence-electron chi connectivity index (χ0n) is 9.83. The molecule has 0 heterocycles. The molecule has 0 unspecified atom stereocenters. The molecule has 1 aromatic rings. The van der Waals surface area contributed by atoms with Crippen LogP contribution in [0.3, 0.4) is 0 Å². The third-order valence-corrected chi connectivity index (χ3v) is 3.83. The summed E-state index contributed by atoms with van der Waals surface area (Å²) in [4.78, 5) is 10.4. The maximum atomic E-state index is 11.7. The second-order valence-corrected chi connectivity index (χ2v) is 5.47. The molecule has 18 heavy (non-hydrogen) atoms. The standard InChI is InChI=1S/C11H15NO5S/c1-2-8-3-5-9(6-4-8)18(16,17)12-7-10(13)11(14)15/h3-6,10,12-13H,2,7H2,1H3,(H,14,15)/t10-/m0/s1. The summed E-state index contributed by atoms with van der Waals surface area (Å²) in [6.45, 7) is 1.39. The maximum absolute atomic E-state index is 11.7. The van der Waals surface area contributed by atoms with Crippen molar-refractivity contribution in [1.29, 1.82) is 0 Å². The summed E-state index contributed by atoms with van der Waals surface area (Å²) in [6, 6.07) is 6.24. The van der Waals surface area contributed by atoms with E-state index in [1.807, 2.05) is 11.6 Å². The van der Waals surface area contributed by atoms with Gasteiger partial charge >= 0.3 is 5.97 Å². The first-order chi connectivity index (χ1) is 8.36. The maximum Gasteiger partial charge on any atom is 0.333 e. The van der Waals surface area contributed by atoms with Crippen LogP contribution in [0.15, 0.2) is 29.2 Å². The number of rotatable bonds is 6. The number of carboxylic acids is 1. The minimum atomic E-state index is -3.79. The second-order valence-electron chi connectivity index (χ2n) is 3.70. The average molecular weight is 273 g/mol. The Morgan fingerprint density at radius 3 is 2.33 bits per heavy atom. The number of aliphatic carboxylic acids is 1. The SMILES string of the molecule is CCc1ccc(S(=O)(=O)NC[C@H](O)C(=O)O)cc1. The van der Waals surface area contributed by atoms with E-state index in [1.54, 1.807) is 12.1 Å². The first-order valence-corrected chi connectivity index (χ1v) is 6.84. The minimum absolute atomic E-state index is 0.0392. The van der Waals surface area contributed by atoms with E-state index in [-0.39, 0.29) is 4.90 Å². The number of aliphatic hydroxyl groups is 1. The van der Waals surface area contributed by atoms with Crippen LogP contribution in [0.4, 0.5) is 0 Å². The third kappa shape index (κ3) is 3.80. The first kappa shape index (κ1) is 14.6. The normalized spacial score (nSPS) is 13.2. The molecule has 100 valence electrons. The van der Waals surface area contributed by atoms with Gasteiger partial charge in [0.05, 0.1) is 4.90 Å². The Morgan fingerprint density at radius 1 is 1.33 bits per heavy atom. The summed E-state index contributed by atoms with van der Waals surface area (Å²) < 4.78 is 25.5. The molecular formula is C11H15NO5S. The molecule has 0 fully saturated rings. The smallest absolute Gasteiger partial charge is 0.333 e. The molecule has 0 aliphatic rings. The highest BCUT2D eigenvalue weighted by atomic mass is 32.2. The van der Waals surface area contributed by atoms with Crippen LogP contribution in [-0.2, 0) is 21.2 Å². The van der Waals surface area contributed by atoms with Crippen molar-refractivity contribution in [2.45, 2.75) is 24.3 Å². The van der Waals surface area contributed by atoms with Crippen LogP contribution in [0.2, 0.25) is 0 Å². The van der Waals surface area contributed by atoms with Gasteiger partial charge in [-0.2, -0.15) is 0 Å². The number of sulfonamides is 1. The van der Waals surface area contributed by atoms with Crippen molar-refractivity contribution in [2.75, 3.05) is 6.54 Å². The van der Waals surface area contributed by atoms with Crippen molar-refractivity contribution in [3.05, 3.63) is 29.8 Å². The first-order valence-electron chi connectivity index (χ1n) is 5.36. The van der Waals surface area contributed by atoms with Crippen molar-refractivity contribution >= 4 is 16.0 Å². The number of aryl methyl sites for hydroxylation is 1. The molecule has 1 aromatic carbocycles. The van der Waals surface area contributed by atoms with E-state index >= 15 is 0 Å². The molecule has 6 nitrogen and oxygen atoms in total. The van der Waals surface area contributed by atoms with Gasteiger partial charge in [0.15, 0.2) is 6.10 Å². The molecule has 0 saturated carbocycles. The number of aliphatic hydroxyl groups excluding tert-OH is 1. The highest BCUT2D eigenvalue weighted by molar-refractivity contribution is 7.89. The Balaban J connectivity index is 2.76. The summed E-state index contributed by atoms with van der Waals surface area (Å²) in [5.74, 6) is -1.47. The molecule has 0 aliphatic carbocycles. The van der Waals surface area contributed by atoms with Gasteiger partial charge in [0.1, 0.15) is 0 Å². The minimum Gasteiger partial charge on any atom is -0.479 e. The van der Waals surface area contributed by atoms with E-state index in [1.165, 1.54) is 12.1 Å². The Kier molecular flexibility index (Phi) is 4.83. The van der Waals surface area contributed by atoms with Crippen molar-refractivity contribution in [1.82, 2.24) is 4.72 Å². The summed E-state index contributed by atoms with van der Waals surface area (Å²) in [7, 11) is -3.79. The predicted octanol–water partition coefficient (Wildman–Crippen LogP) is -0.0272. The van der Waals surface area contributed by atoms with Crippen LogP contribution in [0.1, 0.15) is 12.5 Å². The fourth-order valence-corrected chi connectivity index (χ4v) is 2.30. The third-order valence-electron chi connectivity index (χ3n) is 2.39. The quantitative estimate of drug-likeness (QED) is 0.675. The van der Waals surface area contributed by atoms with Gasteiger partial charge in [-0.3, -0.25) is 0 Å². The predicted molar refractivity (Wildman–Crippen MR) is 64.7 cm³/mol. The number of benzene rings is 1. The second kappa shape index (κ2) is 5.94. The van der Waals surface area contributed by atoms with E-state index in [0.29, 0.717) is 0 Å². The van der Waals surface area contributed by atoms with Crippen molar-refractivity contribution in [2.24, 2.45) is 0 Å². The van der Waals surface area contributed by atoms with Gasteiger partial charge < -0.3 is 10.2 Å². The summed E-state index contributed by atoms with van der Waals surface area (Å²) >= 11 is 0. The number of carbonyl (C=O) groups is 1. The molecule has 3 N–H and O–H groups in total. The fourth-order valence-electron chi connectivity index (χ4n) is 1.26. The zero-order valence-corrected chi connectivity index (χ0v) is 10.6. The molecule has 1 rings (SSSR count). The van der Waals surface area contributed by atoms with Gasteiger partial charge in [-0.05, 0) is 24.1 Å². The largest absolute Gasteiger partial charge is 0.479 e. The molecule has 0 spiro atoms. The topological polar surface area (TPSA) is 104 Å². The van der Waals surface area contributed by atoms with Crippen molar-refractivity contribution in [3.63, 3.8) is 0 Å². The van der Waals surface area contributed by atoms with Crippen LogP contribution in [0.5, 0.6) is 0 Å². The van der Waals surface area contributed by atoms with Gasteiger partial charge in [-0.15, -0.1) is 0 Å². The Bertz CT molecular complexity index is 509. The lowest BCUT2D eigenvalue weighted by Crippen LogP contribution is -2.36. The molecule has 0 saturated heterocycles. The van der Waals surface area contributed by atoms with Gasteiger partial charge in [0.25, 0.3) is 0 Å². The summed E-state index contributed by atoms with van der Waals surface area (Å²) in [6.07, 6.45) is -0.958. The van der Waals surface area contributed by atoms with Gasteiger partial charge in [-0.1, -0.05) is 19.1 Å². The van der Waals surface area contributed by atoms with E-state index in [4.69, 9.17) is 10.2 Å². The van der Waals surface area contributed by atoms with Crippen molar-refractivity contribution in [3.8, 4) is 0 Å². The van der Waals surface area contributed by atoms with Crippen LogP contribution >= 0.6 is 0 Å². The molecule has 1 atom stereocenters. The lowest BCUT2D eigenvalue weighted by Gasteiger charge is -2.09. The van der Waals surface area contributed by atoms with Gasteiger partial charge in [-0.25, -0.2) is 17.9 Å². The monoisotopic (exact) mass is 273 g/mol. The Morgan fingerprint density at radius 2 is 1.89 bits per heavy atom. The van der Waals surface area contributed by atoms with E-state index in [0.717, 1.165) is 12.0 Å². The molecule has 0 aromatic heterocycles. The molecule has 0 radical (unpaired) electrons. The van der Waals surface area contributed by atoms with Crippen LogP contribution in [-0.4, -0.2) is 37.2 Å². The number of hydrogen-bond donors (Lipinski definition) is 3. The van der Waals surface area contributed by atoms with Crippen LogP contribution < -0.4 is 4.72 Å². The molecular weight excluding hydrogens is 258 g/mol. The highest BCUT2D eigenvalue weighted by Crippen LogP contribution is 2.10. The van der Waals surface area contributed by atoms with E-state index in [9.17, 15) is 13.2 Å². The molecule has 0 aliphatic heterocycles. The van der Waals surface area contributed by atoms with E-state index < -0.39 is 28.6 Å².